The summed E-state index contributed by atoms with van der Waals surface area (Å²) < 4.78 is 11.1. The third-order valence-corrected chi connectivity index (χ3v) is 6.35. The standard InChI is InChI=1S/C26H25N3O5/c1-16(18-8-10-21-22(14-18)34-12-11-33-21)27-23(30)15-29-24(31)26(2,28-25(29)32)20-9-7-17-5-3-4-6-19(17)13-20/h3-10,13-14,16H,11-12,15H2,1-2H3,(H,27,30)(H,28,32)/t16-,26-/m1/s1. The van der Waals surface area contributed by atoms with Gasteiger partial charge in [0.2, 0.25) is 5.91 Å². The summed E-state index contributed by atoms with van der Waals surface area (Å²) in [4.78, 5) is 39.6. The second kappa shape index (κ2) is 8.37. The van der Waals surface area contributed by atoms with Crippen LogP contribution in [-0.4, -0.2) is 42.5 Å². The molecule has 8 nitrogen and oxygen atoms in total. The third-order valence-electron chi connectivity index (χ3n) is 6.35. The van der Waals surface area contributed by atoms with Crippen LogP contribution in [0.1, 0.15) is 31.0 Å². The molecule has 2 heterocycles. The number of ether oxygens (including phenoxy) is 2. The maximum atomic E-state index is 13.3. The van der Waals surface area contributed by atoms with E-state index < -0.39 is 23.4 Å². The van der Waals surface area contributed by atoms with Crippen molar-refractivity contribution < 1.29 is 23.9 Å². The van der Waals surface area contributed by atoms with Gasteiger partial charge >= 0.3 is 6.03 Å². The molecule has 0 bridgehead atoms. The Bertz CT molecular complexity index is 1310. The van der Waals surface area contributed by atoms with Crippen LogP contribution in [0.4, 0.5) is 4.79 Å². The largest absolute Gasteiger partial charge is 0.486 e. The summed E-state index contributed by atoms with van der Waals surface area (Å²) >= 11 is 0. The number of urea groups is 1. The zero-order valence-corrected chi connectivity index (χ0v) is 19.0. The molecule has 2 atom stereocenters. The van der Waals surface area contributed by atoms with Gasteiger partial charge in [0.15, 0.2) is 11.5 Å². The Hall–Kier alpha value is -4.07. The first-order chi connectivity index (χ1) is 16.3. The summed E-state index contributed by atoms with van der Waals surface area (Å²) in [5.74, 6) is 0.398. The van der Waals surface area contributed by atoms with Crippen molar-refractivity contribution in [2.45, 2.75) is 25.4 Å². The highest BCUT2D eigenvalue weighted by molar-refractivity contribution is 6.09. The predicted molar refractivity (Wildman–Crippen MR) is 126 cm³/mol. The number of carbonyl (C=O) groups is 3. The number of nitrogens with zero attached hydrogens (tertiary/aromatic N) is 1. The SMILES string of the molecule is C[C@@H](NC(=O)CN1C(=O)N[C@](C)(c2ccc3ccccc3c2)C1=O)c1ccc2c(c1)OCCO2. The molecule has 2 N–H and O–H groups in total. The normalized spacial score (nSPS) is 20.2. The Morgan fingerprint density at radius 1 is 1.03 bits per heavy atom. The smallest absolute Gasteiger partial charge is 0.325 e. The average molecular weight is 460 g/mol. The van der Waals surface area contributed by atoms with Crippen LogP contribution in [0.25, 0.3) is 10.8 Å². The zero-order valence-electron chi connectivity index (χ0n) is 19.0. The molecule has 0 saturated carbocycles. The van der Waals surface area contributed by atoms with Gasteiger partial charge < -0.3 is 20.1 Å². The van der Waals surface area contributed by atoms with Crippen LogP contribution in [-0.2, 0) is 15.1 Å². The molecule has 0 radical (unpaired) electrons. The molecule has 8 heteroatoms. The summed E-state index contributed by atoms with van der Waals surface area (Å²) in [6, 6.07) is 18.0. The van der Waals surface area contributed by atoms with Crippen molar-refractivity contribution in [3.8, 4) is 11.5 Å². The molecule has 0 aromatic heterocycles. The van der Waals surface area contributed by atoms with Crippen LogP contribution in [0, 0.1) is 0 Å². The molecule has 4 amide bonds. The van der Waals surface area contributed by atoms with E-state index in [1.807, 2.05) is 61.5 Å². The average Bonchev–Trinajstić information content (AvgIpc) is 3.07. The van der Waals surface area contributed by atoms with E-state index >= 15 is 0 Å². The van der Waals surface area contributed by atoms with Gasteiger partial charge in [-0.15, -0.1) is 0 Å². The third kappa shape index (κ3) is 3.81. The van der Waals surface area contributed by atoms with Crippen molar-refractivity contribution in [3.05, 3.63) is 71.8 Å². The lowest BCUT2D eigenvalue weighted by molar-refractivity contribution is -0.135. The summed E-state index contributed by atoms with van der Waals surface area (Å²) in [5.41, 5.74) is 0.246. The highest BCUT2D eigenvalue weighted by Crippen LogP contribution is 2.33. The van der Waals surface area contributed by atoms with Crippen LogP contribution in [0.2, 0.25) is 0 Å². The molecule has 5 rings (SSSR count). The quantitative estimate of drug-likeness (QED) is 0.571. The monoisotopic (exact) mass is 459 g/mol. The highest BCUT2D eigenvalue weighted by Gasteiger charge is 2.49. The number of fused-ring (bicyclic) bond motifs is 2. The molecule has 0 spiro atoms. The Morgan fingerprint density at radius 3 is 2.56 bits per heavy atom. The van der Waals surface area contributed by atoms with Gasteiger partial charge in [-0.05, 0) is 53.9 Å². The minimum Gasteiger partial charge on any atom is -0.486 e. The summed E-state index contributed by atoms with van der Waals surface area (Å²) in [6.07, 6.45) is 0. The lowest BCUT2D eigenvalue weighted by atomic mass is 9.90. The first kappa shape index (κ1) is 21.8. The first-order valence-electron chi connectivity index (χ1n) is 11.2. The van der Waals surface area contributed by atoms with Gasteiger partial charge in [-0.25, -0.2) is 4.79 Å². The van der Waals surface area contributed by atoms with Crippen LogP contribution < -0.4 is 20.1 Å². The fourth-order valence-electron chi connectivity index (χ4n) is 4.38. The highest BCUT2D eigenvalue weighted by atomic mass is 16.6. The molecule has 3 aromatic carbocycles. The van der Waals surface area contributed by atoms with E-state index in [1.165, 1.54) is 0 Å². The van der Waals surface area contributed by atoms with E-state index in [-0.39, 0.29) is 12.6 Å². The predicted octanol–water partition coefficient (Wildman–Crippen LogP) is 3.26. The number of hydrogen-bond acceptors (Lipinski definition) is 5. The van der Waals surface area contributed by atoms with E-state index in [0.29, 0.717) is 30.3 Å². The van der Waals surface area contributed by atoms with Gasteiger partial charge in [0.05, 0.1) is 6.04 Å². The minimum absolute atomic E-state index is 0.351. The fraction of sp³-hybridized carbons (Fsp3) is 0.269. The van der Waals surface area contributed by atoms with Crippen LogP contribution in [0.15, 0.2) is 60.7 Å². The number of carbonyl (C=O) groups excluding carboxylic acids is 3. The number of hydrogen-bond donors (Lipinski definition) is 2. The van der Waals surface area contributed by atoms with Crippen molar-refractivity contribution in [2.24, 2.45) is 0 Å². The van der Waals surface area contributed by atoms with Crippen molar-refractivity contribution in [1.29, 1.82) is 0 Å². The van der Waals surface area contributed by atoms with Crippen LogP contribution in [0.5, 0.6) is 11.5 Å². The maximum absolute atomic E-state index is 13.3. The topological polar surface area (TPSA) is 97.0 Å². The van der Waals surface area contributed by atoms with Gasteiger partial charge in [0, 0.05) is 0 Å². The molecule has 0 aliphatic carbocycles. The Kier molecular flexibility index (Phi) is 5.36. The summed E-state index contributed by atoms with van der Waals surface area (Å²) in [5, 5.41) is 7.62. The lowest BCUT2D eigenvalue weighted by Crippen LogP contribution is -2.43. The summed E-state index contributed by atoms with van der Waals surface area (Å²) in [6.45, 7) is 4.09. The first-order valence-corrected chi connectivity index (χ1v) is 11.2. The van der Waals surface area contributed by atoms with Crippen LogP contribution >= 0.6 is 0 Å². The van der Waals surface area contributed by atoms with E-state index in [1.54, 1.807) is 13.0 Å². The molecule has 2 aliphatic rings. The lowest BCUT2D eigenvalue weighted by Gasteiger charge is -2.23. The van der Waals surface area contributed by atoms with Gasteiger partial charge in [-0.3, -0.25) is 14.5 Å². The van der Waals surface area contributed by atoms with E-state index in [4.69, 9.17) is 9.47 Å². The van der Waals surface area contributed by atoms with Gasteiger partial charge in [0.25, 0.3) is 5.91 Å². The Morgan fingerprint density at radius 2 is 1.76 bits per heavy atom. The van der Waals surface area contributed by atoms with Crippen molar-refractivity contribution in [3.63, 3.8) is 0 Å². The molecule has 34 heavy (non-hydrogen) atoms. The second-order valence-corrected chi connectivity index (χ2v) is 8.70. The van der Waals surface area contributed by atoms with Gasteiger partial charge in [-0.2, -0.15) is 0 Å². The summed E-state index contributed by atoms with van der Waals surface area (Å²) in [7, 11) is 0. The molecule has 1 fully saturated rings. The fourth-order valence-corrected chi connectivity index (χ4v) is 4.38. The van der Waals surface area contributed by atoms with Gasteiger partial charge in [-0.1, -0.05) is 42.5 Å². The molecular formula is C26H25N3O5. The molecule has 1 saturated heterocycles. The van der Waals surface area contributed by atoms with E-state index in [2.05, 4.69) is 10.6 Å². The van der Waals surface area contributed by atoms with Crippen molar-refractivity contribution >= 4 is 28.6 Å². The van der Waals surface area contributed by atoms with E-state index in [9.17, 15) is 14.4 Å². The molecule has 174 valence electrons. The number of amides is 4. The van der Waals surface area contributed by atoms with Crippen LogP contribution in [0.3, 0.4) is 0 Å². The number of benzene rings is 3. The minimum atomic E-state index is -1.25. The van der Waals surface area contributed by atoms with Crippen molar-refractivity contribution in [1.82, 2.24) is 15.5 Å². The zero-order chi connectivity index (χ0) is 23.9. The number of nitrogens with one attached hydrogen (secondary N) is 2. The second-order valence-electron chi connectivity index (χ2n) is 8.70. The maximum Gasteiger partial charge on any atom is 0.325 e. The number of rotatable bonds is 5. The molecule has 3 aromatic rings. The van der Waals surface area contributed by atoms with Crippen molar-refractivity contribution in [2.75, 3.05) is 19.8 Å². The van der Waals surface area contributed by atoms with E-state index in [0.717, 1.165) is 21.2 Å². The Labute approximate surface area is 196 Å². The molecule has 0 unspecified atom stereocenters. The Balaban J connectivity index is 1.29. The number of imide groups is 1. The van der Waals surface area contributed by atoms with Gasteiger partial charge in [0.1, 0.15) is 25.3 Å². The molecular weight excluding hydrogens is 434 g/mol. The molecule has 2 aliphatic heterocycles.